The van der Waals surface area contributed by atoms with E-state index in [1.165, 1.54) is 18.2 Å². The highest BCUT2D eigenvalue weighted by molar-refractivity contribution is 5.79. The molecular formula is C31H40F4N2O5. The number of halogens is 4. The van der Waals surface area contributed by atoms with Gasteiger partial charge in [-0.1, -0.05) is 12.1 Å². The van der Waals surface area contributed by atoms with E-state index in [9.17, 15) is 23.1 Å². The van der Waals surface area contributed by atoms with Gasteiger partial charge in [0.2, 0.25) is 5.91 Å². The van der Waals surface area contributed by atoms with Crippen molar-refractivity contribution >= 4 is 5.91 Å². The molecule has 2 aliphatic rings. The van der Waals surface area contributed by atoms with Crippen molar-refractivity contribution in [2.45, 2.75) is 69.4 Å². The van der Waals surface area contributed by atoms with Crippen LogP contribution < -0.4 is 10.5 Å². The van der Waals surface area contributed by atoms with Crippen LogP contribution in [0.4, 0.5) is 17.6 Å². The lowest BCUT2D eigenvalue weighted by atomic mass is 9.78. The van der Waals surface area contributed by atoms with Gasteiger partial charge in [-0.2, -0.15) is 13.2 Å². The summed E-state index contributed by atoms with van der Waals surface area (Å²) in [4.78, 5) is 15.0. The number of ether oxygens (including phenoxy) is 3. The molecule has 42 heavy (non-hydrogen) atoms. The molecule has 1 saturated heterocycles. The van der Waals surface area contributed by atoms with Crippen LogP contribution in [0.1, 0.15) is 56.6 Å². The molecule has 1 saturated carbocycles. The van der Waals surface area contributed by atoms with Crippen LogP contribution in [0.25, 0.3) is 11.1 Å². The van der Waals surface area contributed by atoms with Crippen molar-refractivity contribution in [1.29, 1.82) is 0 Å². The van der Waals surface area contributed by atoms with Gasteiger partial charge in [-0.05, 0) is 80.8 Å². The van der Waals surface area contributed by atoms with Crippen molar-refractivity contribution in [2.75, 3.05) is 40.0 Å². The summed E-state index contributed by atoms with van der Waals surface area (Å²) in [5, 5.41) is 12.4. The zero-order valence-corrected chi connectivity index (χ0v) is 24.1. The number of morpholine rings is 1. The van der Waals surface area contributed by atoms with Crippen molar-refractivity contribution in [3.05, 3.63) is 53.3 Å². The third kappa shape index (κ3) is 7.24. The predicted molar refractivity (Wildman–Crippen MR) is 149 cm³/mol. The first-order valence-electron chi connectivity index (χ1n) is 14.5. The smallest absolute Gasteiger partial charge is 0.416 e. The second-order valence-electron chi connectivity index (χ2n) is 11.1. The second-order valence-corrected chi connectivity index (χ2v) is 11.1. The first-order valence-corrected chi connectivity index (χ1v) is 14.5. The lowest BCUT2D eigenvalue weighted by molar-refractivity contribution is -0.167. The number of nitrogens with two attached hydrogens (primary N) is 1. The van der Waals surface area contributed by atoms with Gasteiger partial charge in [-0.15, -0.1) is 0 Å². The Morgan fingerprint density at radius 3 is 2.64 bits per heavy atom. The lowest BCUT2D eigenvalue weighted by Crippen LogP contribution is -2.55. The summed E-state index contributed by atoms with van der Waals surface area (Å²) in [5.74, 6) is -1.13. The molecule has 4 rings (SSSR count). The molecular weight excluding hydrogens is 556 g/mol. The maximum Gasteiger partial charge on any atom is 0.416 e. The van der Waals surface area contributed by atoms with E-state index in [0.717, 1.165) is 24.6 Å². The van der Waals surface area contributed by atoms with Gasteiger partial charge in [-0.25, -0.2) is 4.39 Å². The Kier molecular flexibility index (Phi) is 10.5. The normalized spacial score (nSPS) is 22.7. The fraction of sp³-hybridized carbons (Fsp3) is 0.581. The predicted octanol–water partition coefficient (Wildman–Crippen LogP) is 5.27. The zero-order valence-electron chi connectivity index (χ0n) is 24.1. The molecule has 0 radical (unpaired) electrons. The Balaban J connectivity index is 1.78. The van der Waals surface area contributed by atoms with Crippen LogP contribution in [0.5, 0.6) is 5.75 Å². The average Bonchev–Trinajstić information content (AvgIpc) is 3.40. The van der Waals surface area contributed by atoms with Crippen LogP contribution in [0.2, 0.25) is 0 Å². The minimum Gasteiger partial charge on any atom is -0.494 e. The molecule has 0 aromatic heterocycles. The van der Waals surface area contributed by atoms with Crippen molar-refractivity contribution in [1.82, 2.24) is 4.90 Å². The van der Waals surface area contributed by atoms with E-state index in [1.807, 2.05) is 0 Å². The number of unbranched alkanes of at least 4 members (excludes halogenated alkanes) is 1. The monoisotopic (exact) mass is 596 g/mol. The molecule has 1 aliphatic heterocycles. The maximum absolute atomic E-state index is 15.7. The third-order valence-electron chi connectivity index (χ3n) is 8.20. The minimum atomic E-state index is -4.71. The van der Waals surface area contributed by atoms with Gasteiger partial charge in [-0.3, -0.25) is 4.79 Å². The highest BCUT2D eigenvalue weighted by Gasteiger charge is 2.45. The zero-order chi connectivity index (χ0) is 30.5. The van der Waals surface area contributed by atoms with Crippen molar-refractivity contribution in [3.63, 3.8) is 0 Å². The molecule has 7 nitrogen and oxygen atoms in total. The maximum atomic E-state index is 15.7. The average molecular weight is 597 g/mol. The number of aliphatic hydroxyl groups is 1. The van der Waals surface area contributed by atoms with Crippen LogP contribution in [0.3, 0.4) is 0 Å². The number of hydrogen-bond acceptors (Lipinski definition) is 6. The first-order chi connectivity index (χ1) is 20.0. The number of methoxy groups -OCH3 is 1. The molecule has 0 spiro atoms. The van der Waals surface area contributed by atoms with Gasteiger partial charge >= 0.3 is 6.18 Å². The minimum absolute atomic E-state index is 0.0302. The van der Waals surface area contributed by atoms with Crippen LogP contribution in [0, 0.1) is 11.7 Å². The molecule has 1 amide bonds. The van der Waals surface area contributed by atoms with E-state index >= 15 is 4.39 Å². The molecule has 11 heteroatoms. The second kappa shape index (κ2) is 13.7. The summed E-state index contributed by atoms with van der Waals surface area (Å²) in [5.41, 5.74) is 3.03. The van der Waals surface area contributed by atoms with Crippen molar-refractivity contribution in [2.24, 2.45) is 11.7 Å². The van der Waals surface area contributed by atoms with E-state index in [0.29, 0.717) is 38.8 Å². The number of hydrogen-bond donors (Lipinski definition) is 2. The summed E-state index contributed by atoms with van der Waals surface area (Å²) in [6, 6.07) is 7.10. The topological polar surface area (TPSA) is 94.2 Å². The first kappa shape index (κ1) is 32.2. The number of carbonyl (C=O) groups excluding carboxylic acids is 1. The number of rotatable bonds is 11. The molecule has 2 aromatic rings. The molecule has 1 unspecified atom stereocenters. The quantitative estimate of drug-likeness (QED) is 0.271. The van der Waals surface area contributed by atoms with E-state index in [-0.39, 0.29) is 66.5 Å². The van der Waals surface area contributed by atoms with E-state index in [1.54, 1.807) is 18.9 Å². The van der Waals surface area contributed by atoms with Crippen molar-refractivity contribution in [3.8, 4) is 16.9 Å². The van der Waals surface area contributed by atoms with Gasteiger partial charge in [0.25, 0.3) is 0 Å². The van der Waals surface area contributed by atoms with Crippen LogP contribution in [0.15, 0.2) is 36.4 Å². The summed E-state index contributed by atoms with van der Waals surface area (Å²) >= 11 is 0. The molecule has 232 valence electrons. The molecule has 2 aromatic carbocycles. The highest BCUT2D eigenvalue weighted by atomic mass is 19.4. The number of benzene rings is 2. The fourth-order valence-electron chi connectivity index (χ4n) is 6.08. The van der Waals surface area contributed by atoms with Crippen LogP contribution in [-0.2, 0) is 26.0 Å². The molecule has 2 fully saturated rings. The summed E-state index contributed by atoms with van der Waals surface area (Å²) in [6.45, 7) is 2.71. The molecule has 1 aliphatic carbocycles. The standard InChI is InChI=1S/C31H40F4N2O5/c1-3-41-24-17-21(15-22(18-24)31(33,34)35)28-25(7-6-8-26(28)32)30(39,11-4-5-13-40-2)27-19-37(12-14-42-27)29(38)20-9-10-23(36)16-20/h6-8,15,17-18,20,23,27,39H,3-5,9-14,16,19,36H2,1-2H3/t20-,23+,27?,30-/m1/s1. The van der Waals surface area contributed by atoms with Crippen molar-refractivity contribution < 1.29 is 41.7 Å². The number of amides is 1. The Morgan fingerprint density at radius 1 is 1.19 bits per heavy atom. The van der Waals surface area contributed by atoms with Gasteiger partial charge in [0, 0.05) is 37.8 Å². The number of nitrogens with zero attached hydrogens (tertiary/aromatic N) is 1. The SMILES string of the molecule is CCOc1cc(-c2c(F)cccc2[C@](O)(CCCCOC)C2CN(C(=O)[C@@H]3CC[C@H](N)C3)CCO2)cc(C(F)(F)F)c1. The number of carbonyl (C=O) groups is 1. The Labute approximate surface area is 243 Å². The Bertz CT molecular complexity index is 1230. The van der Waals surface area contributed by atoms with E-state index in [4.69, 9.17) is 19.9 Å². The Hall–Kier alpha value is -2.73. The fourth-order valence-corrected chi connectivity index (χ4v) is 6.08. The summed E-state index contributed by atoms with van der Waals surface area (Å²) in [7, 11) is 1.56. The van der Waals surface area contributed by atoms with Gasteiger partial charge in [0.05, 0.1) is 25.3 Å². The van der Waals surface area contributed by atoms with Gasteiger partial charge in [0.1, 0.15) is 23.3 Å². The summed E-state index contributed by atoms with van der Waals surface area (Å²) < 4.78 is 73.9. The number of alkyl halides is 3. The Morgan fingerprint density at radius 2 is 1.98 bits per heavy atom. The molecule has 0 bridgehead atoms. The third-order valence-corrected chi connectivity index (χ3v) is 8.20. The molecule has 3 N–H and O–H groups in total. The largest absolute Gasteiger partial charge is 0.494 e. The summed E-state index contributed by atoms with van der Waals surface area (Å²) in [6.07, 6.45) is -2.48. The molecule has 4 atom stereocenters. The van der Waals surface area contributed by atoms with Crippen LogP contribution >= 0.6 is 0 Å². The van der Waals surface area contributed by atoms with Gasteiger partial charge < -0.3 is 30.0 Å². The van der Waals surface area contributed by atoms with Gasteiger partial charge in [0.15, 0.2) is 0 Å². The van der Waals surface area contributed by atoms with Crippen LogP contribution in [-0.4, -0.2) is 68.1 Å². The molecule has 1 heterocycles. The highest BCUT2D eigenvalue weighted by Crippen LogP contribution is 2.44. The van der Waals surface area contributed by atoms with E-state index in [2.05, 4.69) is 0 Å². The van der Waals surface area contributed by atoms with E-state index < -0.39 is 29.3 Å². The lowest BCUT2D eigenvalue weighted by Gasteiger charge is -2.43.